The lowest BCUT2D eigenvalue weighted by Gasteiger charge is -2.14. The van der Waals surface area contributed by atoms with E-state index in [1.807, 2.05) is 52.0 Å². The van der Waals surface area contributed by atoms with E-state index in [2.05, 4.69) is 20.3 Å². The Morgan fingerprint density at radius 2 is 2.00 bits per heavy atom. The molecular formula is C12H16BrNOS. The maximum atomic E-state index is 11.8. The van der Waals surface area contributed by atoms with Gasteiger partial charge in [0.2, 0.25) is 0 Å². The number of hydrogen-bond donors (Lipinski definition) is 0. The fourth-order valence-electron chi connectivity index (χ4n) is 1.03. The van der Waals surface area contributed by atoms with Crippen molar-refractivity contribution in [1.82, 2.24) is 0 Å². The Morgan fingerprint density at radius 1 is 1.38 bits per heavy atom. The van der Waals surface area contributed by atoms with Gasteiger partial charge in [0, 0.05) is 4.47 Å². The molecule has 0 aliphatic rings. The lowest BCUT2D eigenvalue weighted by molar-refractivity contribution is 0.650. The molecule has 0 bridgehead atoms. The zero-order chi connectivity index (χ0) is 12.3. The Labute approximate surface area is 108 Å². The van der Waals surface area contributed by atoms with E-state index in [0.29, 0.717) is 0 Å². The van der Waals surface area contributed by atoms with Gasteiger partial charge in [0.25, 0.3) is 0 Å². The lowest BCUT2D eigenvalue weighted by atomic mass is 10.1. The number of hydrogen-bond acceptors (Lipinski definition) is 1. The van der Waals surface area contributed by atoms with Crippen LogP contribution in [-0.2, 0) is 11.0 Å². The van der Waals surface area contributed by atoms with E-state index >= 15 is 0 Å². The molecule has 0 aliphatic carbocycles. The van der Waals surface area contributed by atoms with E-state index in [1.165, 1.54) is 0 Å². The minimum atomic E-state index is -1.20. The van der Waals surface area contributed by atoms with Crippen molar-refractivity contribution in [2.24, 2.45) is 4.40 Å². The average molecular weight is 302 g/mol. The second-order valence-corrected chi connectivity index (χ2v) is 7.37. The summed E-state index contributed by atoms with van der Waals surface area (Å²) in [4.78, 5) is 0. The molecule has 1 aromatic carbocycles. The first-order valence-electron chi connectivity index (χ1n) is 5.04. The molecule has 0 spiro atoms. The Hall–Kier alpha value is -0.480. The van der Waals surface area contributed by atoms with Gasteiger partial charge in [-0.3, -0.25) is 0 Å². The Bertz CT molecular complexity index is 435. The zero-order valence-corrected chi connectivity index (χ0v) is 12.4. The van der Waals surface area contributed by atoms with Crippen molar-refractivity contribution in [3.05, 3.63) is 34.3 Å². The van der Waals surface area contributed by atoms with Crippen LogP contribution in [0.2, 0.25) is 0 Å². The standard InChI is InChI=1S/C12H16BrNOS/c1-9(14-16(15)12(2,3)4)10-6-5-7-11(13)8-10/h5-8H,1-4H3/t16-/m0/s1. The van der Waals surface area contributed by atoms with Crippen molar-refractivity contribution in [2.45, 2.75) is 32.4 Å². The minimum Gasteiger partial charge on any atom is -0.234 e. The smallest absolute Gasteiger partial charge is 0.145 e. The van der Waals surface area contributed by atoms with Crippen molar-refractivity contribution >= 4 is 32.6 Å². The predicted molar refractivity (Wildman–Crippen MR) is 74.2 cm³/mol. The largest absolute Gasteiger partial charge is 0.234 e. The molecule has 0 saturated heterocycles. The third-order valence-corrected chi connectivity index (χ3v) is 3.97. The van der Waals surface area contributed by atoms with E-state index in [1.54, 1.807) is 0 Å². The highest BCUT2D eigenvalue weighted by Gasteiger charge is 2.19. The molecule has 2 nitrogen and oxygen atoms in total. The van der Waals surface area contributed by atoms with Crippen LogP contribution in [0.25, 0.3) is 0 Å². The maximum Gasteiger partial charge on any atom is 0.145 e. The molecule has 0 aromatic heterocycles. The van der Waals surface area contributed by atoms with Crippen LogP contribution in [0.15, 0.2) is 33.1 Å². The summed E-state index contributed by atoms with van der Waals surface area (Å²) >= 11 is 3.41. The number of halogens is 1. The molecule has 0 heterocycles. The minimum absolute atomic E-state index is 0.312. The third kappa shape index (κ3) is 3.83. The van der Waals surface area contributed by atoms with Gasteiger partial charge in [0.15, 0.2) is 0 Å². The zero-order valence-electron chi connectivity index (χ0n) is 9.95. The SMILES string of the molecule is CC(=N[S@@](=O)C(C)(C)C)c1cccc(Br)c1. The number of rotatable bonds is 2. The molecule has 0 N–H and O–H groups in total. The summed E-state index contributed by atoms with van der Waals surface area (Å²) in [5.41, 5.74) is 1.79. The van der Waals surface area contributed by atoms with Crippen molar-refractivity contribution in [2.75, 3.05) is 0 Å². The van der Waals surface area contributed by atoms with Crippen LogP contribution >= 0.6 is 15.9 Å². The molecular weight excluding hydrogens is 286 g/mol. The molecule has 88 valence electrons. The van der Waals surface area contributed by atoms with E-state index in [-0.39, 0.29) is 4.75 Å². The van der Waals surface area contributed by atoms with Crippen LogP contribution in [0.3, 0.4) is 0 Å². The molecule has 0 fully saturated rings. The van der Waals surface area contributed by atoms with Crippen LogP contribution in [0.1, 0.15) is 33.3 Å². The molecule has 1 aromatic rings. The first-order chi connectivity index (χ1) is 7.30. The third-order valence-electron chi connectivity index (χ3n) is 1.99. The topological polar surface area (TPSA) is 29.4 Å². The van der Waals surface area contributed by atoms with Crippen LogP contribution in [0.5, 0.6) is 0 Å². The van der Waals surface area contributed by atoms with Gasteiger partial charge in [0.1, 0.15) is 11.0 Å². The summed E-state index contributed by atoms with van der Waals surface area (Å²) in [7, 11) is -1.20. The molecule has 0 saturated carbocycles. The van der Waals surface area contributed by atoms with Crippen molar-refractivity contribution < 1.29 is 4.21 Å². The quantitative estimate of drug-likeness (QED) is 0.766. The summed E-state index contributed by atoms with van der Waals surface area (Å²) in [6.07, 6.45) is 0. The molecule has 1 atom stereocenters. The summed E-state index contributed by atoms with van der Waals surface area (Å²) in [5.74, 6) is 0. The Balaban J connectivity index is 2.99. The van der Waals surface area contributed by atoms with Crippen LogP contribution in [0, 0.1) is 0 Å². The molecule has 16 heavy (non-hydrogen) atoms. The highest BCUT2D eigenvalue weighted by molar-refractivity contribution is 9.10. The highest BCUT2D eigenvalue weighted by atomic mass is 79.9. The second kappa shape index (κ2) is 5.23. The lowest BCUT2D eigenvalue weighted by Crippen LogP contribution is -2.20. The Morgan fingerprint density at radius 3 is 2.50 bits per heavy atom. The number of nitrogens with zero attached hydrogens (tertiary/aromatic N) is 1. The van der Waals surface area contributed by atoms with E-state index in [0.717, 1.165) is 15.7 Å². The predicted octanol–water partition coefficient (Wildman–Crippen LogP) is 3.72. The molecule has 0 radical (unpaired) electrons. The fourth-order valence-corrected chi connectivity index (χ4v) is 2.05. The van der Waals surface area contributed by atoms with E-state index < -0.39 is 11.0 Å². The van der Waals surface area contributed by atoms with Gasteiger partial charge < -0.3 is 0 Å². The summed E-state index contributed by atoms with van der Waals surface area (Å²) < 4.78 is 16.8. The van der Waals surface area contributed by atoms with Gasteiger partial charge >= 0.3 is 0 Å². The Kier molecular flexibility index (Phi) is 4.44. The molecule has 0 amide bonds. The summed E-state index contributed by atoms with van der Waals surface area (Å²) in [6.45, 7) is 7.63. The molecule has 4 heteroatoms. The van der Waals surface area contributed by atoms with Crippen LogP contribution < -0.4 is 0 Å². The highest BCUT2D eigenvalue weighted by Crippen LogP contribution is 2.16. The summed E-state index contributed by atoms with van der Waals surface area (Å²) in [5, 5.41) is 0. The van der Waals surface area contributed by atoms with Gasteiger partial charge in [-0.15, -0.1) is 0 Å². The van der Waals surface area contributed by atoms with Gasteiger partial charge in [-0.25, -0.2) is 4.21 Å². The van der Waals surface area contributed by atoms with Gasteiger partial charge in [-0.2, -0.15) is 4.40 Å². The fraction of sp³-hybridized carbons (Fsp3) is 0.417. The second-order valence-electron chi connectivity index (χ2n) is 4.55. The normalized spacial score (nSPS) is 14.9. The van der Waals surface area contributed by atoms with E-state index in [9.17, 15) is 4.21 Å². The molecule has 1 rings (SSSR count). The van der Waals surface area contributed by atoms with Crippen molar-refractivity contribution in [3.8, 4) is 0 Å². The molecule has 0 aliphatic heterocycles. The summed E-state index contributed by atoms with van der Waals surface area (Å²) in [6, 6.07) is 7.83. The van der Waals surface area contributed by atoms with Crippen LogP contribution in [0.4, 0.5) is 0 Å². The average Bonchev–Trinajstić information content (AvgIpc) is 2.16. The monoisotopic (exact) mass is 301 g/mol. The van der Waals surface area contributed by atoms with Gasteiger partial charge in [0.05, 0.1) is 10.5 Å². The van der Waals surface area contributed by atoms with Gasteiger partial charge in [-0.1, -0.05) is 28.1 Å². The molecule has 0 unspecified atom stereocenters. The van der Waals surface area contributed by atoms with Crippen molar-refractivity contribution in [1.29, 1.82) is 0 Å². The van der Waals surface area contributed by atoms with Gasteiger partial charge in [-0.05, 0) is 45.4 Å². The van der Waals surface area contributed by atoms with E-state index in [4.69, 9.17) is 0 Å². The first-order valence-corrected chi connectivity index (χ1v) is 6.94. The number of benzene rings is 1. The maximum absolute atomic E-state index is 11.8. The van der Waals surface area contributed by atoms with Crippen molar-refractivity contribution in [3.63, 3.8) is 0 Å². The van der Waals surface area contributed by atoms with Crippen LogP contribution in [-0.4, -0.2) is 14.7 Å². The first kappa shape index (κ1) is 13.6.